The van der Waals surface area contributed by atoms with E-state index in [4.69, 9.17) is 159 Å². The van der Waals surface area contributed by atoms with Crippen LogP contribution in [0.1, 0.15) is 0 Å². The van der Waals surface area contributed by atoms with Gasteiger partial charge in [-0.15, -0.1) is 71.1 Å². The minimum absolute atomic E-state index is 0.00281. The van der Waals surface area contributed by atoms with E-state index in [1.807, 2.05) is 78.9 Å². The summed E-state index contributed by atoms with van der Waals surface area (Å²) in [5, 5.41) is 3.02. The van der Waals surface area contributed by atoms with Crippen LogP contribution in [0.15, 0.2) is 101 Å². The first-order valence-electron chi connectivity index (χ1n) is 22.4. The number of ether oxygens (including phenoxy) is 2. The van der Waals surface area contributed by atoms with Crippen molar-refractivity contribution in [3.63, 3.8) is 0 Å². The Morgan fingerprint density at radius 2 is 0.726 bits per heavy atom. The second-order valence-corrected chi connectivity index (χ2v) is 18.2. The molecule has 0 atom stereocenters. The van der Waals surface area contributed by atoms with Crippen LogP contribution in [0.25, 0.3) is 21.5 Å². The Hall–Kier alpha value is -5.74. The lowest BCUT2D eigenvalue weighted by Gasteiger charge is -2.39. The number of hydrogen-bond acceptors (Lipinski definition) is 4. The zero-order valence-corrected chi connectivity index (χ0v) is 38.8. The van der Waals surface area contributed by atoms with E-state index < -0.39 is 6.04 Å². The molecular weight excluding hydrogens is 865 g/mol. The first-order chi connectivity index (χ1) is 34.7. The van der Waals surface area contributed by atoms with Gasteiger partial charge in [0.25, 0.3) is 6.71 Å². The summed E-state index contributed by atoms with van der Waals surface area (Å²) in [5.74, 6) is 2.44. The van der Waals surface area contributed by atoms with E-state index >= 15 is 0 Å². The number of hydrogen-bond donors (Lipinski definition) is 0. The van der Waals surface area contributed by atoms with Gasteiger partial charge in [-0.25, -0.2) is 0 Å². The van der Waals surface area contributed by atoms with Gasteiger partial charge in [-0.05, 0) is 70.2 Å². The Morgan fingerprint density at radius 1 is 0.370 bits per heavy atom. The van der Waals surface area contributed by atoms with Gasteiger partial charge >= 0.3 is 0 Å². The van der Waals surface area contributed by atoms with Crippen LogP contribution in [-0.2, 0) is 0 Å². The quantitative estimate of drug-likeness (QED) is 0.155. The Balaban J connectivity index is 1.07. The molecule has 0 saturated heterocycles. The van der Waals surface area contributed by atoms with Crippen LogP contribution >= 0.6 is 0 Å². The fraction of sp³-hybridized carbons (Fsp3) is 0.0204. The second-order valence-electron chi connectivity index (χ2n) is 18.2. The van der Waals surface area contributed by atoms with E-state index in [1.165, 1.54) is 0 Å². The maximum atomic E-state index is 6.82. The van der Waals surface area contributed by atoms with E-state index in [1.54, 1.807) is 9.80 Å². The number of fused-ring (bicyclic) bond motifs is 8. The van der Waals surface area contributed by atoms with Crippen molar-refractivity contribution in [2.45, 2.75) is 6.04 Å². The van der Waals surface area contributed by atoms with Crippen molar-refractivity contribution in [2.75, 3.05) is 9.80 Å². The molecule has 3 aliphatic rings. The summed E-state index contributed by atoms with van der Waals surface area (Å²) in [6.45, 7) is -0.347. The summed E-state index contributed by atoms with van der Waals surface area (Å²) >= 11 is 0. The zero-order valence-electron chi connectivity index (χ0n) is 38.8. The van der Waals surface area contributed by atoms with E-state index in [0.717, 1.165) is 37.9 Å². The highest BCUT2D eigenvalue weighted by molar-refractivity contribution is 6.98. The van der Waals surface area contributed by atoms with Crippen molar-refractivity contribution in [1.82, 2.24) is 0 Å². The fourth-order valence-electron chi connectivity index (χ4n) is 10.3. The van der Waals surface area contributed by atoms with Gasteiger partial charge in [-0.2, -0.15) is 0 Å². The lowest BCUT2D eigenvalue weighted by Crippen LogP contribution is -2.59. The van der Waals surface area contributed by atoms with Crippen molar-refractivity contribution < 1.29 is 9.47 Å². The molecule has 0 spiro atoms. The summed E-state index contributed by atoms with van der Waals surface area (Å²) in [5.41, 5.74) is 4.78. The molecule has 2 heterocycles. The zero-order chi connectivity index (χ0) is 52.1. The second kappa shape index (κ2) is 17.7. The smallest absolute Gasteiger partial charge is 0.260 e. The third kappa shape index (κ3) is 7.10. The third-order valence-corrected chi connectivity index (χ3v) is 14.3. The predicted octanol–water partition coefficient (Wildman–Crippen LogP) is -9.29. The molecule has 2 aliphatic heterocycles. The normalized spacial score (nSPS) is 13.7. The molecule has 0 saturated carbocycles. The maximum absolute atomic E-state index is 6.82. The fourth-order valence-corrected chi connectivity index (χ4v) is 10.3. The van der Waals surface area contributed by atoms with Crippen molar-refractivity contribution in [3.8, 4) is 23.0 Å². The van der Waals surface area contributed by atoms with Crippen LogP contribution in [0, 0.1) is 0 Å². The van der Waals surface area contributed by atoms with Crippen molar-refractivity contribution in [3.05, 3.63) is 101 Å². The van der Waals surface area contributed by atoms with Gasteiger partial charge in [0.1, 0.15) is 172 Å². The SMILES string of the molecule is [B]C1=C([B])C(N(c2ccc3c4c(ccc3c2)B2c3ccc5cc(N(c6c([B])c([B])c([B])c([B])c6[B])c6c([B])c([B])c([B])c([B])c6[B])ccc5c3Oc3cccc(c32)O4)c2c([B])c([B])c([B])c([B])c2[B])C([B])=C1[B]. The molecule has 0 amide bonds. The summed E-state index contributed by atoms with van der Waals surface area (Å²) in [6.07, 6.45) is 0. The van der Waals surface area contributed by atoms with Crippen LogP contribution in [0.4, 0.5) is 28.4 Å². The minimum atomic E-state index is -0.936. The molecule has 38 radical (unpaired) electrons. The lowest BCUT2D eigenvalue weighted by atomic mass is 9.34. The van der Waals surface area contributed by atoms with Crippen molar-refractivity contribution >= 4 is 304 Å². The van der Waals surface area contributed by atoms with Gasteiger partial charge in [0.2, 0.25) is 0 Å². The molecule has 0 unspecified atom stereocenters. The van der Waals surface area contributed by atoms with Crippen LogP contribution in [0.2, 0.25) is 0 Å². The summed E-state index contributed by atoms with van der Waals surface area (Å²) in [7, 11) is 123. The first-order valence-corrected chi connectivity index (χ1v) is 22.4. The molecule has 8 aromatic carbocycles. The topological polar surface area (TPSA) is 24.9 Å². The highest BCUT2D eigenvalue weighted by atomic mass is 16.5. The Morgan fingerprint density at radius 3 is 1.14 bits per heavy atom. The van der Waals surface area contributed by atoms with Gasteiger partial charge in [0, 0.05) is 44.7 Å². The molecule has 0 fully saturated rings. The largest absolute Gasteiger partial charge is 0.458 e. The van der Waals surface area contributed by atoms with Crippen LogP contribution < -0.4 is 118 Å². The van der Waals surface area contributed by atoms with Crippen molar-refractivity contribution in [1.29, 1.82) is 0 Å². The van der Waals surface area contributed by atoms with Crippen LogP contribution in [0.5, 0.6) is 23.0 Å². The Kier molecular flexibility index (Phi) is 12.0. The molecule has 1 aliphatic carbocycles. The molecule has 24 heteroatoms. The molecule has 11 rings (SSSR count). The molecule has 0 aromatic heterocycles. The van der Waals surface area contributed by atoms with Gasteiger partial charge in [0.05, 0.1) is 6.04 Å². The van der Waals surface area contributed by atoms with E-state index in [2.05, 4.69) is 0 Å². The lowest BCUT2D eigenvalue weighted by molar-refractivity contribution is 0.470. The van der Waals surface area contributed by atoms with Gasteiger partial charge in [-0.1, -0.05) is 63.1 Å². The summed E-state index contributed by atoms with van der Waals surface area (Å²) in [4.78, 5) is 3.29. The average Bonchev–Trinajstić information content (AvgIpc) is 3.58. The van der Waals surface area contributed by atoms with E-state index in [-0.39, 0.29) is 128 Å². The first kappa shape index (κ1) is 49.5. The monoisotopic (exact) mass is 882 g/mol. The molecule has 0 bridgehead atoms. The molecule has 292 valence electrons. The molecule has 8 aromatic rings. The predicted molar refractivity (Wildman–Crippen MR) is 324 cm³/mol. The number of rotatable bonds is 6. The van der Waals surface area contributed by atoms with E-state index in [9.17, 15) is 0 Å². The number of allylic oxidation sites excluding steroid dienone is 2. The molecular formula is C49H14B20N2O2. The van der Waals surface area contributed by atoms with Gasteiger partial charge in [0.15, 0.2) is 0 Å². The van der Waals surface area contributed by atoms with Crippen LogP contribution in [-0.4, -0.2) is 162 Å². The summed E-state index contributed by atoms with van der Waals surface area (Å²) in [6, 6.07) is 24.0. The average molecular weight is 879 g/mol. The highest BCUT2D eigenvalue weighted by Crippen LogP contribution is 2.43. The number of anilines is 5. The van der Waals surface area contributed by atoms with Gasteiger partial charge in [-0.3, -0.25) is 0 Å². The maximum Gasteiger partial charge on any atom is 0.260 e. The Labute approximate surface area is 450 Å². The number of nitrogens with zero attached hydrogens (tertiary/aromatic N) is 2. The van der Waals surface area contributed by atoms with E-state index in [0.29, 0.717) is 34.4 Å². The van der Waals surface area contributed by atoms with Gasteiger partial charge < -0.3 is 19.3 Å². The standard InChI is InChI=1S/C49H14B20N2O2/c50-24-27(53)35(61)44(36(62)28(24)54)70(45-37(63)29(55)25(51)30(56)38(45)64)16-6-8-18-14(12-16)4-10-20-48(18)72-22-2-1-3-23-43(22)69(20)21-11-5-15-13-17(7-9-19(15)49(21)73-23)71(47-41(67)33(59)34(60)42(47)68)46-39(65)31(57)26(52)32(58)40(46)66/h1-13,47H. The molecule has 0 N–H and O–H groups in total. The molecule has 4 nitrogen and oxygen atoms in total. The van der Waals surface area contributed by atoms with Crippen molar-refractivity contribution in [2.24, 2.45) is 0 Å². The third-order valence-electron chi connectivity index (χ3n) is 14.3. The minimum Gasteiger partial charge on any atom is -0.458 e. The number of benzene rings is 8. The summed E-state index contributed by atoms with van der Waals surface area (Å²) < 4.78 is 13.6. The Bertz CT molecular complexity index is 3740. The highest BCUT2D eigenvalue weighted by Gasteiger charge is 2.42. The molecule has 73 heavy (non-hydrogen) atoms. The van der Waals surface area contributed by atoms with Crippen LogP contribution in [0.3, 0.4) is 0 Å².